The third-order valence-electron chi connectivity index (χ3n) is 2.51. The van der Waals surface area contributed by atoms with Gasteiger partial charge in [0.1, 0.15) is 11.9 Å². The maximum Gasteiger partial charge on any atom is 0.123 e. The molecule has 0 radical (unpaired) electrons. The van der Waals surface area contributed by atoms with Crippen molar-refractivity contribution in [2.75, 3.05) is 18.1 Å². The van der Waals surface area contributed by atoms with Crippen LogP contribution in [0.3, 0.4) is 0 Å². The van der Waals surface area contributed by atoms with Gasteiger partial charge in [-0.15, -0.1) is 0 Å². The second-order valence-corrected chi connectivity index (χ2v) is 5.43. The van der Waals surface area contributed by atoms with Crippen molar-refractivity contribution in [1.82, 2.24) is 0 Å². The van der Waals surface area contributed by atoms with Crippen molar-refractivity contribution in [3.8, 4) is 5.75 Å². The lowest BCUT2D eigenvalue weighted by atomic mass is 10.1. The summed E-state index contributed by atoms with van der Waals surface area (Å²) in [5, 5.41) is 9.45. The average molecular weight is 259 g/mol. The lowest BCUT2D eigenvalue weighted by Crippen LogP contribution is -2.16. The Morgan fingerprint density at radius 2 is 2.38 bits per heavy atom. The van der Waals surface area contributed by atoms with Crippen molar-refractivity contribution in [2.24, 2.45) is 0 Å². The zero-order valence-electron chi connectivity index (χ0n) is 8.99. The van der Waals surface area contributed by atoms with Crippen LogP contribution in [0.5, 0.6) is 5.75 Å². The van der Waals surface area contributed by atoms with Gasteiger partial charge >= 0.3 is 0 Å². The van der Waals surface area contributed by atoms with E-state index in [1.807, 2.05) is 30.0 Å². The molecule has 1 aliphatic rings. The number of halogens is 1. The van der Waals surface area contributed by atoms with E-state index in [0.717, 1.165) is 35.1 Å². The topological polar surface area (TPSA) is 29.5 Å². The molecular formula is C12H15ClO2S. The van der Waals surface area contributed by atoms with Crippen molar-refractivity contribution >= 4 is 23.4 Å². The Balaban J connectivity index is 1.81. The number of thioether (sulfide) groups is 1. The summed E-state index contributed by atoms with van der Waals surface area (Å²) in [7, 11) is 0. The molecule has 1 aromatic rings. The summed E-state index contributed by atoms with van der Waals surface area (Å²) in [5.74, 6) is 2.94. The summed E-state index contributed by atoms with van der Waals surface area (Å²) in [6, 6.07) is 5.78. The Kier molecular flexibility index (Phi) is 4.38. The summed E-state index contributed by atoms with van der Waals surface area (Å²) in [4.78, 5) is 0. The summed E-state index contributed by atoms with van der Waals surface area (Å²) in [6.07, 6.45) is 2.07. The number of aliphatic hydroxyl groups excluding tert-OH is 1. The number of rotatable bonds is 5. The molecule has 0 aromatic heterocycles. The maximum atomic E-state index is 8.67. The highest BCUT2D eigenvalue weighted by Crippen LogP contribution is 2.32. The lowest BCUT2D eigenvalue weighted by Gasteiger charge is -2.09. The highest BCUT2D eigenvalue weighted by atomic mass is 35.5. The molecule has 1 atom stereocenters. The molecule has 1 unspecified atom stereocenters. The Morgan fingerprint density at radius 3 is 3.19 bits per heavy atom. The number of benzene rings is 1. The Morgan fingerprint density at radius 1 is 1.50 bits per heavy atom. The normalized spacial score (nSPS) is 18.2. The van der Waals surface area contributed by atoms with Gasteiger partial charge in [-0.25, -0.2) is 0 Å². The monoisotopic (exact) mass is 258 g/mol. The predicted molar refractivity (Wildman–Crippen MR) is 68.6 cm³/mol. The van der Waals surface area contributed by atoms with Gasteiger partial charge in [0.2, 0.25) is 0 Å². The van der Waals surface area contributed by atoms with E-state index in [1.165, 1.54) is 5.56 Å². The maximum absolute atomic E-state index is 8.67. The fourth-order valence-corrected chi connectivity index (χ4v) is 2.91. The molecule has 1 aromatic carbocycles. The second kappa shape index (κ2) is 5.80. The minimum atomic E-state index is 0.261. The third-order valence-corrected chi connectivity index (χ3v) is 3.93. The van der Waals surface area contributed by atoms with E-state index in [1.54, 1.807) is 0 Å². The number of hydrogen-bond donors (Lipinski definition) is 1. The highest BCUT2D eigenvalue weighted by Gasteiger charge is 2.22. The van der Waals surface area contributed by atoms with Crippen LogP contribution >= 0.6 is 23.4 Å². The average Bonchev–Trinajstić information content (AvgIpc) is 2.66. The van der Waals surface area contributed by atoms with E-state index in [4.69, 9.17) is 21.4 Å². The highest BCUT2D eigenvalue weighted by molar-refractivity contribution is 7.99. The van der Waals surface area contributed by atoms with Crippen LogP contribution < -0.4 is 4.74 Å². The Hall–Kier alpha value is -0.380. The van der Waals surface area contributed by atoms with Crippen LogP contribution in [0.4, 0.5) is 0 Å². The first-order valence-corrected chi connectivity index (χ1v) is 6.96. The van der Waals surface area contributed by atoms with Gasteiger partial charge in [-0.2, -0.15) is 11.8 Å². The molecule has 4 heteroatoms. The second-order valence-electron chi connectivity index (χ2n) is 3.85. The zero-order chi connectivity index (χ0) is 11.4. The number of ether oxygens (including phenoxy) is 1. The molecule has 0 aliphatic carbocycles. The minimum absolute atomic E-state index is 0.261. The van der Waals surface area contributed by atoms with Crippen molar-refractivity contribution in [3.05, 3.63) is 28.8 Å². The molecule has 2 nitrogen and oxygen atoms in total. The Bertz CT molecular complexity index is 357. The van der Waals surface area contributed by atoms with E-state index in [0.29, 0.717) is 0 Å². The van der Waals surface area contributed by atoms with E-state index < -0.39 is 0 Å². The van der Waals surface area contributed by atoms with Crippen molar-refractivity contribution < 1.29 is 9.84 Å². The smallest absolute Gasteiger partial charge is 0.123 e. The van der Waals surface area contributed by atoms with Crippen LogP contribution in [0.25, 0.3) is 0 Å². The van der Waals surface area contributed by atoms with E-state index in [9.17, 15) is 0 Å². The molecule has 0 fully saturated rings. The molecule has 1 aliphatic heterocycles. The largest absolute Gasteiger partial charge is 0.489 e. The summed E-state index contributed by atoms with van der Waals surface area (Å²) in [6.45, 7) is 0.272. The van der Waals surface area contributed by atoms with Gasteiger partial charge < -0.3 is 9.84 Å². The first-order chi connectivity index (χ1) is 7.79. The molecule has 88 valence electrons. The van der Waals surface area contributed by atoms with Gasteiger partial charge in [0.05, 0.1) is 0 Å². The molecule has 0 saturated heterocycles. The quantitative estimate of drug-likeness (QED) is 0.824. The van der Waals surface area contributed by atoms with Crippen LogP contribution in [0, 0.1) is 0 Å². The molecule has 1 N–H and O–H groups in total. The van der Waals surface area contributed by atoms with Crippen molar-refractivity contribution in [2.45, 2.75) is 18.9 Å². The van der Waals surface area contributed by atoms with Crippen LogP contribution in [0.15, 0.2) is 18.2 Å². The van der Waals surface area contributed by atoms with Crippen molar-refractivity contribution in [1.29, 1.82) is 0 Å². The molecule has 16 heavy (non-hydrogen) atoms. The van der Waals surface area contributed by atoms with Gasteiger partial charge in [-0.1, -0.05) is 11.6 Å². The predicted octanol–water partition coefficient (Wildman–Crippen LogP) is 2.76. The number of aliphatic hydroxyl groups is 1. The van der Waals surface area contributed by atoms with Gasteiger partial charge in [0.15, 0.2) is 0 Å². The van der Waals surface area contributed by atoms with Crippen LogP contribution in [-0.2, 0) is 6.42 Å². The summed E-state index contributed by atoms with van der Waals surface area (Å²) in [5.41, 5.74) is 1.21. The van der Waals surface area contributed by atoms with Gasteiger partial charge in [0, 0.05) is 23.8 Å². The molecule has 0 saturated carbocycles. The van der Waals surface area contributed by atoms with E-state index in [-0.39, 0.29) is 12.7 Å². The zero-order valence-corrected chi connectivity index (χ0v) is 10.6. The number of fused-ring (bicyclic) bond motifs is 1. The molecular weight excluding hydrogens is 244 g/mol. The fraction of sp³-hybridized carbons (Fsp3) is 0.500. The van der Waals surface area contributed by atoms with Crippen LogP contribution in [0.1, 0.15) is 12.0 Å². The van der Waals surface area contributed by atoms with Gasteiger partial charge in [-0.05, 0) is 35.9 Å². The molecule has 0 spiro atoms. The van der Waals surface area contributed by atoms with E-state index >= 15 is 0 Å². The standard InChI is InChI=1S/C12H15ClO2S/c13-10-2-3-12-9(6-10)7-11(15-12)8-16-5-1-4-14/h2-3,6,11,14H,1,4-5,7-8H2. The third kappa shape index (κ3) is 3.06. The fourth-order valence-electron chi connectivity index (χ4n) is 1.76. The van der Waals surface area contributed by atoms with E-state index in [2.05, 4.69) is 0 Å². The minimum Gasteiger partial charge on any atom is -0.489 e. The Labute approximate surface area is 105 Å². The van der Waals surface area contributed by atoms with Gasteiger partial charge in [-0.3, -0.25) is 0 Å². The summed E-state index contributed by atoms with van der Waals surface area (Å²) < 4.78 is 5.80. The lowest BCUT2D eigenvalue weighted by molar-refractivity contribution is 0.259. The molecule has 0 bridgehead atoms. The number of hydrogen-bond acceptors (Lipinski definition) is 3. The molecule has 2 rings (SSSR count). The SMILES string of the molecule is OCCCSCC1Cc2cc(Cl)ccc2O1. The first-order valence-electron chi connectivity index (χ1n) is 5.43. The van der Waals surface area contributed by atoms with Crippen LogP contribution in [-0.4, -0.2) is 29.3 Å². The molecule has 0 amide bonds. The van der Waals surface area contributed by atoms with Gasteiger partial charge in [0.25, 0.3) is 0 Å². The molecule has 1 heterocycles. The van der Waals surface area contributed by atoms with Crippen LogP contribution in [0.2, 0.25) is 5.02 Å². The van der Waals surface area contributed by atoms with Crippen molar-refractivity contribution in [3.63, 3.8) is 0 Å². The summed E-state index contributed by atoms with van der Waals surface area (Å²) >= 11 is 7.76. The first kappa shape index (κ1) is 12.1.